The number of imidazole rings is 1. The maximum atomic E-state index is 5.53. The van der Waals surface area contributed by atoms with Crippen LogP contribution in [0.5, 0.6) is 0 Å². The lowest BCUT2D eigenvalue weighted by atomic mass is 10.4. The fourth-order valence-corrected chi connectivity index (χ4v) is 2.02. The number of aromatic nitrogens is 2. The summed E-state index contributed by atoms with van der Waals surface area (Å²) >= 11 is 1.65. The highest BCUT2D eigenvalue weighted by molar-refractivity contribution is 7.15. The molecule has 0 unspecified atom stereocenters. The zero-order chi connectivity index (χ0) is 7.84. The number of hydrogen-bond donors (Lipinski definition) is 1. The SMILES string of the molecule is Cc1csc2ncc(CN)n12. The molecule has 0 spiro atoms. The predicted molar refractivity (Wildman–Crippen MR) is 45.7 cm³/mol. The van der Waals surface area contributed by atoms with Gasteiger partial charge >= 0.3 is 0 Å². The van der Waals surface area contributed by atoms with Crippen molar-refractivity contribution in [1.82, 2.24) is 9.38 Å². The second kappa shape index (κ2) is 2.32. The normalized spacial score (nSPS) is 11.1. The van der Waals surface area contributed by atoms with Gasteiger partial charge in [0.05, 0.1) is 11.9 Å². The van der Waals surface area contributed by atoms with Crippen molar-refractivity contribution in [1.29, 1.82) is 0 Å². The summed E-state index contributed by atoms with van der Waals surface area (Å²) in [5.41, 5.74) is 7.83. The molecular weight excluding hydrogens is 158 g/mol. The van der Waals surface area contributed by atoms with Crippen LogP contribution in [0.2, 0.25) is 0 Å². The number of aryl methyl sites for hydroxylation is 1. The van der Waals surface area contributed by atoms with Crippen LogP contribution in [0, 0.1) is 6.92 Å². The maximum absolute atomic E-state index is 5.53. The first kappa shape index (κ1) is 6.82. The second-order valence-corrected chi connectivity index (χ2v) is 3.29. The molecule has 0 bridgehead atoms. The summed E-state index contributed by atoms with van der Waals surface area (Å²) in [4.78, 5) is 5.24. The Bertz CT molecular complexity index is 374. The van der Waals surface area contributed by atoms with Gasteiger partial charge in [-0.25, -0.2) is 4.98 Å². The van der Waals surface area contributed by atoms with Crippen LogP contribution in [-0.2, 0) is 6.54 Å². The average molecular weight is 167 g/mol. The Morgan fingerprint density at radius 1 is 1.73 bits per heavy atom. The zero-order valence-corrected chi connectivity index (χ0v) is 7.06. The zero-order valence-electron chi connectivity index (χ0n) is 6.24. The van der Waals surface area contributed by atoms with Gasteiger partial charge in [-0.2, -0.15) is 0 Å². The lowest BCUT2D eigenvalue weighted by Gasteiger charge is -1.94. The van der Waals surface area contributed by atoms with Crippen molar-refractivity contribution in [2.24, 2.45) is 5.73 Å². The minimum absolute atomic E-state index is 0.554. The molecule has 0 amide bonds. The van der Waals surface area contributed by atoms with Gasteiger partial charge in [0.15, 0.2) is 4.96 Å². The van der Waals surface area contributed by atoms with E-state index >= 15 is 0 Å². The van der Waals surface area contributed by atoms with Gasteiger partial charge in [-0.15, -0.1) is 11.3 Å². The molecule has 3 nitrogen and oxygen atoms in total. The number of thiazole rings is 1. The third-order valence-electron chi connectivity index (χ3n) is 1.70. The molecule has 0 radical (unpaired) electrons. The molecule has 2 aromatic heterocycles. The Morgan fingerprint density at radius 3 is 3.27 bits per heavy atom. The van der Waals surface area contributed by atoms with Gasteiger partial charge in [-0.3, -0.25) is 4.40 Å². The summed E-state index contributed by atoms with van der Waals surface area (Å²) in [6, 6.07) is 0. The molecule has 0 aromatic carbocycles. The highest BCUT2D eigenvalue weighted by atomic mass is 32.1. The molecule has 2 heterocycles. The number of fused-ring (bicyclic) bond motifs is 1. The van der Waals surface area contributed by atoms with Crippen molar-refractivity contribution in [3.05, 3.63) is 23.0 Å². The average Bonchev–Trinajstić information content (AvgIpc) is 2.54. The van der Waals surface area contributed by atoms with Gasteiger partial charge in [-0.05, 0) is 6.92 Å². The van der Waals surface area contributed by atoms with Crippen molar-refractivity contribution in [2.75, 3.05) is 0 Å². The van der Waals surface area contributed by atoms with E-state index in [-0.39, 0.29) is 0 Å². The van der Waals surface area contributed by atoms with Crippen LogP contribution < -0.4 is 5.73 Å². The fourth-order valence-electron chi connectivity index (χ4n) is 1.16. The summed E-state index contributed by atoms with van der Waals surface area (Å²) in [7, 11) is 0. The maximum Gasteiger partial charge on any atom is 0.194 e. The topological polar surface area (TPSA) is 43.3 Å². The van der Waals surface area contributed by atoms with Crippen molar-refractivity contribution in [3.8, 4) is 0 Å². The summed E-state index contributed by atoms with van der Waals surface area (Å²) < 4.78 is 2.09. The standard InChI is InChI=1S/C7H9N3S/c1-5-4-11-7-9-3-6(2-8)10(5)7/h3-4H,2,8H2,1H3. The van der Waals surface area contributed by atoms with E-state index in [2.05, 4.69) is 21.7 Å². The Balaban J connectivity index is 2.80. The Morgan fingerprint density at radius 2 is 2.55 bits per heavy atom. The van der Waals surface area contributed by atoms with Crippen LogP contribution in [0.25, 0.3) is 4.96 Å². The van der Waals surface area contributed by atoms with Gasteiger partial charge < -0.3 is 5.73 Å². The lowest BCUT2D eigenvalue weighted by Crippen LogP contribution is -2.00. The van der Waals surface area contributed by atoms with Gasteiger partial charge in [0.1, 0.15) is 0 Å². The van der Waals surface area contributed by atoms with Gasteiger partial charge in [0.25, 0.3) is 0 Å². The Kier molecular flexibility index (Phi) is 1.44. The van der Waals surface area contributed by atoms with Crippen LogP contribution in [0.4, 0.5) is 0 Å². The molecule has 0 aliphatic heterocycles. The van der Waals surface area contributed by atoms with Crippen molar-refractivity contribution < 1.29 is 0 Å². The van der Waals surface area contributed by atoms with E-state index in [1.165, 1.54) is 5.69 Å². The monoisotopic (exact) mass is 167 g/mol. The van der Waals surface area contributed by atoms with Crippen LogP contribution in [0.3, 0.4) is 0 Å². The summed E-state index contributed by atoms with van der Waals surface area (Å²) in [5.74, 6) is 0. The minimum Gasteiger partial charge on any atom is -0.325 e. The first-order valence-corrected chi connectivity index (χ1v) is 4.31. The van der Waals surface area contributed by atoms with Gasteiger partial charge in [-0.1, -0.05) is 0 Å². The summed E-state index contributed by atoms with van der Waals surface area (Å²) in [6.45, 7) is 2.61. The lowest BCUT2D eigenvalue weighted by molar-refractivity contribution is 0.944. The van der Waals surface area contributed by atoms with E-state index in [0.29, 0.717) is 6.54 Å². The summed E-state index contributed by atoms with van der Waals surface area (Å²) in [6.07, 6.45) is 1.83. The van der Waals surface area contributed by atoms with Crippen molar-refractivity contribution in [3.63, 3.8) is 0 Å². The Hall–Kier alpha value is -0.870. The second-order valence-electron chi connectivity index (χ2n) is 2.45. The van der Waals surface area contributed by atoms with Crippen LogP contribution in [0.15, 0.2) is 11.6 Å². The molecule has 0 saturated carbocycles. The molecule has 4 heteroatoms. The number of nitrogens with two attached hydrogens (primary N) is 1. The van der Waals surface area contributed by atoms with Crippen LogP contribution in [0.1, 0.15) is 11.4 Å². The van der Waals surface area contributed by atoms with E-state index in [1.807, 2.05) is 6.20 Å². The third-order valence-corrected chi connectivity index (χ3v) is 2.66. The Labute approximate surface area is 68.5 Å². The van der Waals surface area contributed by atoms with E-state index < -0.39 is 0 Å². The summed E-state index contributed by atoms with van der Waals surface area (Å²) in [5, 5.41) is 2.08. The fraction of sp³-hybridized carbons (Fsp3) is 0.286. The van der Waals surface area contributed by atoms with Crippen LogP contribution in [-0.4, -0.2) is 9.38 Å². The number of hydrogen-bond acceptors (Lipinski definition) is 3. The quantitative estimate of drug-likeness (QED) is 0.692. The molecule has 0 aliphatic rings. The molecule has 11 heavy (non-hydrogen) atoms. The van der Waals surface area contributed by atoms with Gasteiger partial charge in [0, 0.05) is 17.6 Å². The molecule has 0 aliphatic carbocycles. The van der Waals surface area contributed by atoms with E-state index in [9.17, 15) is 0 Å². The van der Waals surface area contributed by atoms with Crippen molar-refractivity contribution in [2.45, 2.75) is 13.5 Å². The number of rotatable bonds is 1. The molecular formula is C7H9N3S. The van der Waals surface area contributed by atoms with E-state index in [0.717, 1.165) is 10.7 Å². The first-order chi connectivity index (χ1) is 5.33. The van der Waals surface area contributed by atoms with Crippen LogP contribution >= 0.6 is 11.3 Å². The molecule has 58 valence electrons. The highest BCUT2D eigenvalue weighted by Gasteiger charge is 2.04. The third kappa shape index (κ3) is 0.868. The molecule has 0 saturated heterocycles. The smallest absolute Gasteiger partial charge is 0.194 e. The molecule has 2 N–H and O–H groups in total. The van der Waals surface area contributed by atoms with E-state index in [4.69, 9.17) is 5.73 Å². The van der Waals surface area contributed by atoms with Gasteiger partial charge in [0.2, 0.25) is 0 Å². The molecule has 2 rings (SSSR count). The molecule has 0 fully saturated rings. The highest BCUT2D eigenvalue weighted by Crippen LogP contribution is 2.16. The van der Waals surface area contributed by atoms with E-state index in [1.54, 1.807) is 11.3 Å². The minimum atomic E-state index is 0.554. The largest absolute Gasteiger partial charge is 0.325 e. The first-order valence-electron chi connectivity index (χ1n) is 3.43. The predicted octanol–water partition coefficient (Wildman–Crippen LogP) is 1.16. The van der Waals surface area contributed by atoms with Crippen molar-refractivity contribution >= 4 is 16.3 Å². The molecule has 2 aromatic rings. The number of nitrogens with zero attached hydrogens (tertiary/aromatic N) is 2. The molecule has 0 atom stereocenters.